The third-order valence-corrected chi connectivity index (χ3v) is 3.56. The number of nitrogen functional groups attached to an aromatic ring is 1. The van der Waals surface area contributed by atoms with E-state index in [2.05, 4.69) is 0 Å². The molecule has 1 aliphatic rings. The molecular formula is C15H22N2O2. The second kappa shape index (κ2) is 5.51. The van der Waals surface area contributed by atoms with E-state index in [0.29, 0.717) is 6.04 Å². The summed E-state index contributed by atoms with van der Waals surface area (Å²) in [5.74, 6) is 0.811. The van der Waals surface area contributed by atoms with Gasteiger partial charge in [-0.05, 0) is 56.9 Å². The van der Waals surface area contributed by atoms with Crippen LogP contribution in [0.1, 0.15) is 30.9 Å². The summed E-state index contributed by atoms with van der Waals surface area (Å²) in [5.41, 5.74) is 8.52. The van der Waals surface area contributed by atoms with Crippen LogP contribution < -0.4 is 10.5 Å². The highest BCUT2D eigenvalue weighted by Gasteiger charge is 2.31. The quantitative estimate of drug-likeness (QED) is 0.828. The molecule has 1 amide bonds. The molecule has 1 fully saturated rings. The third-order valence-electron chi connectivity index (χ3n) is 3.56. The van der Waals surface area contributed by atoms with Crippen molar-refractivity contribution < 1.29 is 9.53 Å². The average molecular weight is 262 g/mol. The van der Waals surface area contributed by atoms with Gasteiger partial charge < -0.3 is 15.4 Å². The van der Waals surface area contributed by atoms with Gasteiger partial charge in [-0.25, -0.2) is 0 Å². The lowest BCUT2D eigenvalue weighted by Crippen LogP contribution is -2.36. The standard InChI is InChI=1S/C15H22N2O2/c1-4-17(12-5-6-12)15(18)9-19-14-8-10(2)13(16)7-11(14)3/h7-8,12H,4-6,9,16H2,1-3H3. The van der Waals surface area contributed by atoms with Crippen molar-refractivity contribution in [3.8, 4) is 5.75 Å². The number of carbonyl (C=O) groups excluding carboxylic acids is 1. The van der Waals surface area contributed by atoms with E-state index in [1.165, 1.54) is 0 Å². The first-order valence-corrected chi connectivity index (χ1v) is 6.82. The molecule has 0 atom stereocenters. The fraction of sp³-hybridized carbons (Fsp3) is 0.533. The van der Waals surface area contributed by atoms with Crippen molar-refractivity contribution in [3.05, 3.63) is 23.3 Å². The summed E-state index contributed by atoms with van der Waals surface area (Å²) in [6.45, 7) is 6.75. The molecule has 0 radical (unpaired) electrons. The van der Waals surface area contributed by atoms with Crippen LogP contribution in [0.25, 0.3) is 0 Å². The number of carbonyl (C=O) groups is 1. The predicted octanol–water partition coefficient (Wildman–Crippen LogP) is 2.28. The molecule has 0 aromatic heterocycles. The van der Waals surface area contributed by atoms with Crippen LogP contribution in [0, 0.1) is 13.8 Å². The zero-order chi connectivity index (χ0) is 14.0. The highest BCUT2D eigenvalue weighted by Crippen LogP contribution is 2.27. The molecule has 1 aromatic rings. The number of benzene rings is 1. The minimum atomic E-state index is 0.0684. The fourth-order valence-corrected chi connectivity index (χ4v) is 2.21. The normalized spacial score (nSPS) is 14.3. The number of amides is 1. The van der Waals surface area contributed by atoms with E-state index in [4.69, 9.17) is 10.5 Å². The number of likely N-dealkylation sites (N-methyl/N-ethyl adjacent to an activating group) is 1. The Bertz CT molecular complexity index is 481. The number of anilines is 1. The second-order valence-electron chi connectivity index (χ2n) is 5.17. The van der Waals surface area contributed by atoms with Crippen molar-refractivity contribution in [2.45, 2.75) is 39.7 Å². The van der Waals surface area contributed by atoms with Crippen LogP contribution in [0.15, 0.2) is 12.1 Å². The molecule has 0 spiro atoms. The summed E-state index contributed by atoms with van der Waals surface area (Å²) < 4.78 is 5.65. The summed E-state index contributed by atoms with van der Waals surface area (Å²) in [6.07, 6.45) is 2.25. The molecule has 0 aliphatic heterocycles. The van der Waals surface area contributed by atoms with Gasteiger partial charge in [-0.1, -0.05) is 0 Å². The van der Waals surface area contributed by atoms with Gasteiger partial charge in [0.1, 0.15) is 5.75 Å². The van der Waals surface area contributed by atoms with Crippen LogP contribution in [0.5, 0.6) is 5.75 Å². The Morgan fingerprint density at radius 1 is 1.37 bits per heavy atom. The molecule has 1 aromatic carbocycles. The molecule has 2 N–H and O–H groups in total. The van der Waals surface area contributed by atoms with Crippen LogP contribution >= 0.6 is 0 Å². The topological polar surface area (TPSA) is 55.6 Å². The van der Waals surface area contributed by atoms with E-state index in [-0.39, 0.29) is 12.5 Å². The number of hydrogen-bond acceptors (Lipinski definition) is 3. The number of aryl methyl sites for hydroxylation is 2. The first kappa shape index (κ1) is 13.7. The maximum atomic E-state index is 12.1. The van der Waals surface area contributed by atoms with Crippen molar-refractivity contribution in [1.82, 2.24) is 4.90 Å². The number of rotatable bonds is 5. The Morgan fingerprint density at radius 3 is 2.63 bits per heavy atom. The lowest BCUT2D eigenvalue weighted by molar-refractivity contribution is -0.133. The molecule has 0 bridgehead atoms. The summed E-state index contributed by atoms with van der Waals surface area (Å²) >= 11 is 0. The molecule has 0 unspecified atom stereocenters. The molecule has 4 heteroatoms. The Hall–Kier alpha value is -1.71. The Morgan fingerprint density at radius 2 is 2.05 bits per heavy atom. The Balaban J connectivity index is 1.98. The number of nitrogens with zero attached hydrogens (tertiary/aromatic N) is 1. The van der Waals surface area contributed by atoms with Crippen LogP contribution in [0.4, 0.5) is 5.69 Å². The first-order chi connectivity index (χ1) is 9.02. The van der Waals surface area contributed by atoms with E-state index in [0.717, 1.165) is 42.0 Å². The smallest absolute Gasteiger partial charge is 0.260 e. The molecule has 0 saturated heterocycles. The van der Waals surface area contributed by atoms with Gasteiger partial charge in [0.15, 0.2) is 6.61 Å². The van der Waals surface area contributed by atoms with Gasteiger partial charge in [0.2, 0.25) is 0 Å². The molecular weight excluding hydrogens is 240 g/mol. The monoisotopic (exact) mass is 262 g/mol. The summed E-state index contributed by atoms with van der Waals surface area (Å²) in [4.78, 5) is 14.0. The van der Waals surface area contributed by atoms with Crippen molar-refractivity contribution in [2.24, 2.45) is 0 Å². The van der Waals surface area contributed by atoms with Gasteiger partial charge in [0, 0.05) is 18.3 Å². The maximum absolute atomic E-state index is 12.1. The van der Waals surface area contributed by atoms with E-state index in [1.54, 1.807) is 0 Å². The maximum Gasteiger partial charge on any atom is 0.260 e. The van der Waals surface area contributed by atoms with Crippen LogP contribution in [-0.4, -0.2) is 30.0 Å². The van der Waals surface area contributed by atoms with Gasteiger partial charge in [-0.3, -0.25) is 4.79 Å². The van der Waals surface area contributed by atoms with E-state index in [1.807, 2.05) is 37.8 Å². The van der Waals surface area contributed by atoms with Crippen LogP contribution in [0.3, 0.4) is 0 Å². The van der Waals surface area contributed by atoms with Crippen molar-refractivity contribution in [2.75, 3.05) is 18.9 Å². The van der Waals surface area contributed by atoms with Crippen molar-refractivity contribution in [1.29, 1.82) is 0 Å². The van der Waals surface area contributed by atoms with Crippen molar-refractivity contribution >= 4 is 11.6 Å². The van der Waals surface area contributed by atoms with E-state index < -0.39 is 0 Å². The average Bonchev–Trinajstić information content (AvgIpc) is 3.17. The van der Waals surface area contributed by atoms with Crippen molar-refractivity contribution in [3.63, 3.8) is 0 Å². The van der Waals surface area contributed by atoms with Gasteiger partial charge >= 0.3 is 0 Å². The highest BCUT2D eigenvalue weighted by molar-refractivity contribution is 5.78. The molecule has 104 valence electrons. The predicted molar refractivity (Wildman–Crippen MR) is 76.2 cm³/mol. The van der Waals surface area contributed by atoms with Gasteiger partial charge in [-0.2, -0.15) is 0 Å². The van der Waals surface area contributed by atoms with Gasteiger partial charge in [0.25, 0.3) is 5.91 Å². The Labute approximate surface area is 114 Å². The Kier molecular flexibility index (Phi) is 3.98. The molecule has 0 heterocycles. The largest absolute Gasteiger partial charge is 0.483 e. The highest BCUT2D eigenvalue weighted by atomic mass is 16.5. The molecule has 2 rings (SSSR count). The number of hydrogen-bond donors (Lipinski definition) is 1. The van der Waals surface area contributed by atoms with Crippen LogP contribution in [0.2, 0.25) is 0 Å². The summed E-state index contributed by atoms with van der Waals surface area (Å²) in [5, 5.41) is 0. The van der Waals surface area contributed by atoms with E-state index >= 15 is 0 Å². The lowest BCUT2D eigenvalue weighted by Gasteiger charge is -2.21. The van der Waals surface area contributed by atoms with Crippen LogP contribution in [-0.2, 0) is 4.79 Å². The summed E-state index contributed by atoms with van der Waals surface area (Å²) in [7, 11) is 0. The minimum absolute atomic E-state index is 0.0684. The molecule has 4 nitrogen and oxygen atoms in total. The summed E-state index contributed by atoms with van der Waals surface area (Å²) in [6, 6.07) is 4.22. The molecule has 1 aliphatic carbocycles. The molecule has 19 heavy (non-hydrogen) atoms. The molecule has 1 saturated carbocycles. The van der Waals surface area contributed by atoms with E-state index in [9.17, 15) is 4.79 Å². The van der Waals surface area contributed by atoms with Gasteiger partial charge in [-0.15, -0.1) is 0 Å². The lowest BCUT2D eigenvalue weighted by atomic mass is 10.1. The minimum Gasteiger partial charge on any atom is -0.483 e. The zero-order valence-electron chi connectivity index (χ0n) is 11.9. The fourth-order valence-electron chi connectivity index (χ4n) is 2.21. The first-order valence-electron chi connectivity index (χ1n) is 6.82. The van der Waals surface area contributed by atoms with Gasteiger partial charge in [0.05, 0.1) is 0 Å². The second-order valence-corrected chi connectivity index (χ2v) is 5.17. The third kappa shape index (κ3) is 3.19. The zero-order valence-corrected chi connectivity index (χ0v) is 11.9. The SMILES string of the molecule is CCN(C(=O)COc1cc(C)c(N)cc1C)C1CC1. The number of ether oxygens (including phenoxy) is 1. The number of nitrogens with two attached hydrogens (primary N) is 1.